The molecule has 1 aromatic rings. The normalized spacial score (nSPS) is 22.6. The average Bonchev–Trinajstić information content (AvgIpc) is 2.95. The van der Waals surface area contributed by atoms with Crippen LogP contribution >= 0.6 is 0 Å². The van der Waals surface area contributed by atoms with Gasteiger partial charge in [-0.25, -0.2) is 0 Å². The van der Waals surface area contributed by atoms with Crippen LogP contribution in [0.25, 0.3) is 0 Å². The number of carbonyl (C=O) groups is 1. The fourth-order valence-corrected chi connectivity index (χ4v) is 1.35. The molecule has 2 rings (SSSR count). The van der Waals surface area contributed by atoms with Crippen LogP contribution in [-0.4, -0.2) is 34.7 Å². The first-order valence-corrected chi connectivity index (χ1v) is 5.34. The number of hydrogen-bond acceptors (Lipinski definition) is 5. The van der Waals surface area contributed by atoms with Gasteiger partial charge in [0.2, 0.25) is 0 Å². The van der Waals surface area contributed by atoms with Gasteiger partial charge < -0.3 is 16.4 Å². The Morgan fingerprint density at radius 3 is 2.81 bits per heavy atom. The molecule has 2 atom stereocenters. The van der Waals surface area contributed by atoms with Crippen molar-refractivity contribution in [1.82, 2.24) is 15.5 Å². The molecule has 86 valence electrons. The molecule has 1 fully saturated rings. The first-order valence-electron chi connectivity index (χ1n) is 5.34. The number of anilines is 1. The lowest BCUT2D eigenvalue weighted by Crippen LogP contribution is -2.24. The third-order valence-electron chi connectivity index (χ3n) is 2.41. The first kappa shape index (κ1) is 10.8. The van der Waals surface area contributed by atoms with Gasteiger partial charge in [0.05, 0.1) is 0 Å². The highest BCUT2D eigenvalue weighted by Gasteiger charge is 2.33. The quantitative estimate of drug-likeness (QED) is 0.651. The summed E-state index contributed by atoms with van der Waals surface area (Å²) in [5, 5.41) is 13.5. The van der Waals surface area contributed by atoms with E-state index in [4.69, 9.17) is 5.73 Å². The molecule has 6 heteroatoms. The summed E-state index contributed by atoms with van der Waals surface area (Å²) in [6.07, 6.45) is 0.958. The largest absolute Gasteiger partial charge is 0.364 e. The van der Waals surface area contributed by atoms with E-state index in [2.05, 4.69) is 20.8 Å². The molecule has 1 saturated carbocycles. The Balaban J connectivity index is 1.96. The van der Waals surface area contributed by atoms with Crippen LogP contribution in [-0.2, 0) is 0 Å². The van der Waals surface area contributed by atoms with Crippen molar-refractivity contribution in [3.05, 3.63) is 17.8 Å². The second kappa shape index (κ2) is 4.44. The van der Waals surface area contributed by atoms with E-state index >= 15 is 0 Å². The van der Waals surface area contributed by atoms with Crippen LogP contribution in [0, 0.1) is 0 Å². The summed E-state index contributed by atoms with van der Waals surface area (Å²) in [4.78, 5) is 11.4. The zero-order valence-corrected chi connectivity index (χ0v) is 9.10. The van der Waals surface area contributed by atoms with Crippen LogP contribution in [0.3, 0.4) is 0 Å². The molecule has 4 N–H and O–H groups in total. The Hall–Kier alpha value is -1.69. The lowest BCUT2D eigenvalue weighted by molar-refractivity contribution is 0.0950. The van der Waals surface area contributed by atoms with E-state index < -0.39 is 0 Å². The number of nitrogens with two attached hydrogens (primary N) is 1. The van der Waals surface area contributed by atoms with E-state index in [1.807, 2.05) is 6.92 Å². The molecule has 6 nitrogen and oxygen atoms in total. The fraction of sp³-hybridized carbons (Fsp3) is 0.500. The predicted octanol–water partition coefficient (Wildman–Crippen LogP) is -0.262. The monoisotopic (exact) mass is 221 g/mol. The van der Waals surface area contributed by atoms with Crippen LogP contribution in [0.15, 0.2) is 12.1 Å². The highest BCUT2D eigenvalue weighted by Crippen LogP contribution is 2.22. The number of nitrogens with zero attached hydrogens (tertiary/aromatic N) is 2. The van der Waals surface area contributed by atoms with Gasteiger partial charge in [-0.2, -0.15) is 0 Å². The number of rotatable bonds is 4. The number of aromatic nitrogens is 2. The van der Waals surface area contributed by atoms with E-state index in [9.17, 15) is 4.79 Å². The minimum absolute atomic E-state index is 0.204. The van der Waals surface area contributed by atoms with Crippen LogP contribution in [0.4, 0.5) is 5.82 Å². The minimum Gasteiger partial charge on any atom is -0.364 e. The Bertz CT molecular complexity index is 377. The zero-order valence-electron chi connectivity index (χ0n) is 9.10. The molecule has 2 unspecified atom stereocenters. The smallest absolute Gasteiger partial charge is 0.271 e. The van der Waals surface area contributed by atoms with Crippen molar-refractivity contribution in [2.24, 2.45) is 5.73 Å². The Kier molecular flexibility index (Phi) is 3.00. The summed E-state index contributed by atoms with van der Waals surface area (Å²) < 4.78 is 0. The van der Waals surface area contributed by atoms with Gasteiger partial charge in [-0.15, -0.1) is 10.2 Å². The molecule has 0 aliphatic heterocycles. The Labute approximate surface area is 93.6 Å². The van der Waals surface area contributed by atoms with Gasteiger partial charge in [-0.05, 0) is 25.5 Å². The van der Waals surface area contributed by atoms with Crippen LogP contribution in [0.2, 0.25) is 0 Å². The zero-order chi connectivity index (χ0) is 11.5. The maximum absolute atomic E-state index is 11.4. The highest BCUT2D eigenvalue weighted by atomic mass is 16.1. The van der Waals surface area contributed by atoms with E-state index in [0.717, 1.165) is 6.42 Å². The van der Waals surface area contributed by atoms with Crippen molar-refractivity contribution >= 4 is 11.7 Å². The maximum Gasteiger partial charge on any atom is 0.271 e. The van der Waals surface area contributed by atoms with Crippen LogP contribution < -0.4 is 16.4 Å². The van der Waals surface area contributed by atoms with E-state index in [1.165, 1.54) is 0 Å². The van der Waals surface area contributed by atoms with E-state index in [1.54, 1.807) is 12.1 Å². The van der Waals surface area contributed by atoms with E-state index in [-0.39, 0.29) is 11.9 Å². The van der Waals surface area contributed by atoms with Crippen molar-refractivity contribution in [1.29, 1.82) is 0 Å². The second-order valence-electron chi connectivity index (χ2n) is 3.81. The molecular formula is C10H15N5O. The summed E-state index contributed by atoms with van der Waals surface area (Å²) in [6.45, 7) is 2.44. The lowest BCUT2D eigenvalue weighted by atomic mass is 10.3. The SMILES string of the molecule is CCNC(=O)c1ccc(NC2CC2N)nn1. The molecule has 1 aromatic heterocycles. The summed E-state index contributed by atoms with van der Waals surface area (Å²) >= 11 is 0. The summed E-state index contributed by atoms with van der Waals surface area (Å²) in [7, 11) is 0. The van der Waals surface area contributed by atoms with Crippen molar-refractivity contribution < 1.29 is 4.79 Å². The van der Waals surface area contributed by atoms with Crippen molar-refractivity contribution in [2.45, 2.75) is 25.4 Å². The first-order chi connectivity index (χ1) is 7.70. The molecule has 0 aromatic carbocycles. The molecule has 1 heterocycles. The van der Waals surface area contributed by atoms with Gasteiger partial charge >= 0.3 is 0 Å². The summed E-state index contributed by atoms with van der Waals surface area (Å²) in [5.74, 6) is 0.454. The van der Waals surface area contributed by atoms with Gasteiger partial charge in [0.15, 0.2) is 5.69 Å². The lowest BCUT2D eigenvalue weighted by Gasteiger charge is -2.04. The Morgan fingerprint density at radius 2 is 2.31 bits per heavy atom. The topological polar surface area (TPSA) is 92.9 Å². The molecule has 0 radical (unpaired) electrons. The maximum atomic E-state index is 11.4. The molecule has 16 heavy (non-hydrogen) atoms. The number of nitrogens with one attached hydrogen (secondary N) is 2. The molecular weight excluding hydrogens is 206 g/mol. The van der Waals surface area contributed by atoms with Gasteiger partial charge in [-0.1, -0.05) is 0 Å². The molecule has 1 amide bonds. The number of carbonyl (C=O) groups excluding carboxylic acids is 1. The summed E-state index contributed by atoms with van der Waals surface area (Å²) in [6, 6.07) is 3.89. The van der Waals surface area contributed by atoms with Crippen molar-refractivity contribution in [3.63, 3.8) is 0 Å². The van der Waals surface area contributed by atoms with Crippen molar-refractivity contribution in [3.8, 4) is 0 Å². The fourth-order valence-electron chi connectivity index (χ4n) is 1.35. The van der Waals surface area contributed by atoms with Gasteiger partial charge in [0.25, 0.3) is 5.91 Å². The van der Waals surface area contributed by atoms with Crippen molar-refractivity contribution in [2.75, 3.05) is 11.9 Å². The summed E-state index contributed by atoms with van der Waals surface area (Å²) in [5.41, 5.74) is 5.98. The van der Waals surface area contributed by atoms with E-state index in [0.29, 0.717) is 24.1 Å². The van der Waals surface area contributed by atoms with Gasteiger partial charge in [-0.3, -0.25) is 4.79 Å². The predicted molar refractivity (Wildman–Crippen MR) is 60.0 cm³/mol. The number of hydrogen-bond donors (Lipinski definition) is 3. The molecule has 1 aliphatic carbocycles. The third kappa shape index (κ3) is 2.46. The molecule has 0 saturated heterocycles. The average molecular weight is 221 g/mol. The molecule has 0 spiro atoms. The molecule has 0 bridgehead atoms. The van der Waals surface area contributed by atoms with Gasteiger partial charge in [0, 0.05) is 18.6 Å². The standard InChI is InChI=1S/C10H15N5O/c1-2-12-10(16)7-3-4-9(15-14-7)13-8-5-6(8)11/h3-4,6,8H,2,5,11H2,1H3,(H,12,16)(H,13,15). The highest BCUT2D eigenvalue weighted by molar-refractivity contribution is 5.92. The minimum atomic E-state index is -0.204. The molecule has 1 aliphatic rings. The van der Waals surface area contributed by atoms with Crippen LogP contribution in [0.5, 0.6) is 0 Å². The third-order valence-corrected chi connectivity index (χ3v) is 2.41. The second-order valence-corrected chi connectivity index (χ2v) is 3.81. The Morgan fingerprint density at radius 1 is 1.56 bits per heavy atom. The van der Waals surface area contributed by atoms with Gasteiger partial charge in [0.1, 0.15) is 5.82 Å². The van der Waals surface area contributed by atoms with Crippen LogP contribution in [0.1, 0.15) is 23.8 Å². The number of amides is 1.